The molecule has 0 aliphatic heterocycles. The maximum absolute atomic E-state index is 6.50. The van der Waals surface area contributed by atoms with Crippen molar-refractivity contribution >= 4 is 38.9 Å². The Balaban J connectivity index is 3.00. The summed E-state index contributed by atoms with van der Waals surface area (Å²) in [5, 5.41) is 0.0978. The molecule has 1 rings (SSSR count). The lowest BCUT2D eigenvalue weighted by atomic mass is 9.85. The molecule has 3 heteroatoms. The molecule has 0 saturated carbocycles. The molecule has 1 aromatic rings. The van der Waals surface area contributed by atoms with E-state index in [9.17, 15) is 0 Å². The third-order valence-corrected chi connectivity index (χ3v) is 5.64. The van der Waals surface area contributed by atoms with Gasteiger partial charge in [-0.05, 0) is 40.8 Å². The molecular formula is C11H16BrClS. The van der Waals surface area contributed by atoms with Crippen LogP contribution in [0, 0.1) is 12.3 Å². The molecule has 80 valence electrons. The van der Waals surface area contributed by atoms with Crippen LogP contribution in [0.1, 0.15) is 42.3 Å². The van der Waals surface area contributed by atoms with Gasteiger partial charge in [0.05, 0.1) is 5.38 Å². The number of aryl methyl sites for hydroxylation is 1. The fraction of sp³-hybridized carbons (Fsp3) is 0.636. The lowest BCUT2D eigenvalue weighted by Crippen LogP contribution is -2.16. The third kappa shape index (κ3) is 2.53. The van der Waals surface area contributed by atoms with Gasteiger partial charge in [0, 0.05) is 14.2 Å². The van der Waals surface area contributed by atoms with Gasteiger partial charge in [-0.15, -0.1) is 22.9 Å². The molecule has 0 aliphatic rings. The smallest absolute Gasteiger partial charge is 0.0740 e. The summed E-state index contributed by atoms with van der Waals surface area (Å²) in [7, 11) is 0. The average molecular weight is 296 g/mol. The highest BCUT2D eigenvalue weighted by atomic mass is 79.9. The molecule has 0 saturated heterocycles. The van der Waals surface area contributed by atoms with Gasteiger partial charge in [-0.2, -0.15) is 0 Å². The normalized spacial score (nSPS) is 14.4. The first-order chi connectivity index (χ1) is 6.38. The second-order valence-corrected chi connectivity index (χ2v) is 6.85. The Bertz CT molecular complexity index is 317. The number of halogens is 2. The van der Waals surface area contributed by atoms with E-state index >= 15 is 0 Å². The van der Waals surface area contributed by atoms with E-state index in [1.165, 1.54) is 9.75 Å². The Morgan fingerprint density at radius 2 is 2.14 bits per heavy atom. The van der Waals surface area contributed by atoms with E-state index in [1.807, 2.05) is 0 Å². The van der Waals surface area contributed by atoms with Gasteiger partial charge in [-0.3, -0.25) is 0 Å². The van der Waals surface area contributed by atoms with Gasteiger partial charge >= 0.3 is 0 Å². The van der Waals surface area contributed by atoms with Crippen molar-refractivity contribution in [3.63, 3.8) is 0 Å². The predicted octanol–water partition coefficient (Wildman–Crippen LogP) is 5.54. The first-order valence-electron chi connectivity index (χ1n) is 4.78. The van der Waals surface area contributed by atoms with Crippen molar-refractivity contribution in [2.45, 2.75) is 39.5 Å². The van der Waals surface area contributed by atoms with Crippen LogP contribution in [0.5, 0.6) is 0 Å². The molecule has 0 fully saturated rings. The maximum Gasteiger partial charge on any atom is 0.0740 e. The van der Waals surface area contributed by atoms with Crippen LogP contribution in [0.4, 0.5) is 0 Å². The van der Waals surface area contributed by atoms with Crippen LogP contribution < -0.4 is 0 Å². The first kappa shape index (κ1) is 12.5. The molecule has 0 radical (unpaired) electrons. The zero-order valence-electron chi connectivity index (χ0n) is 9.03. The highest BCUT2D eigenvalue weighted by Crippen LogP contribution is 2.46. The molecule has 1 aromatic heterocycles. The van der Waals surface area contributed by atoms with Gasteiger partial charge in [0.2, 0.25) is 0 Å². The van der Waals surface area contributed by atoms with Crippen LogP contribution in [0.15, 0.2) is 10.5 Å². The van der Waals surface area contributed by atoms with Gasteiger partial charge in [0.1, 0.15) is 0 Å². The highest BCUT2D eigenvalue weighted by molar-refractivity contribution is 9.10. The summed E-state index contributed by atoms with van der Waals surface area (Å²) in [6, 6.07) is 2.14. The number of alkyl halides is 1. The lowest BCUT2D eigenvalue weighted by molar-refractivity contribution is 0.338. The molecule has 1 unspecified atom stereocenters. The second kappa shape index (κ2) is 4.54. The zero-order valence-corrected chi connectivity index (χ0v) is 12.2. The molecule has 0 bridgehead atoms. The fourth-order valence-electron chi connectivity index (χ4n) is 1.21. The molecule has 1 atom stereocenters. The monoisotopic (exact) mass is 294 g/mol. The number of thiophene rings is 1. The van der Waals surface area contributed by atoms with Crippen molar-refractivity contribution in [2.75, 3.05) is 0 Å². The number of hydrogen-bond donors (Lipinski definition) is 0. The van der Waals surface area contributed by atoms with Crippen molar-refractivity contribution < 1.29 is 0 Å². The number of rotatable bonds is 3. The van der Waals surface area contributed by atoms with Crippen molar-refractivity contribution in [3.05, 3.63) is 20.3 Å². The maximum atomic E-state index is 6.50. The molecular weight excluding hydrogens is 280 g/mol. The van der Waals surface area contributed by atoms with Crippen LogP contribution in [0.3, 0.4) is 0 Å². The van der Waals surface area contributed by atoms with E-state index in [0.717, 1.165) is 10.9 Å². The molecule has 0 aliphatic carbocycles. The van der Waals surface area contributed by atoms with E-state index in [1.54, 1.807) is 11.3 Å². The summed E-state index contributed by atoms with van der Waals surface area (Å²) in [5.41, 5.74) is 0.154. The van der Waals surface area contributed by atoms with Crippen LogP contribution in [0.25, 0.3) is 0 Å². The molecule has 0 amide bonds. The molecule has 14 heavy (non-hydrogen) atoms. The SMILES string of the molecule is CCC(C)(C)C(Cl)c1sc(C)cc1Br. The lowest BCUT2D eigenvalue weighted by Gasteiger charge is -2.28. The Kier molecular flexibility index (Phi) is 4.07. The number of hydrogen-bond acceptors (Lipinski definition) is 1. The summed E-state index contributed by atoms with van der Waals surface area (Å²) >= 11 is 11.8. The molecule has 0 aromatic carbocycles. The minimum absolute atomic E-state index is 0.0978. The Labute approximate surface area is 104 Å². The van der Waals surface area contributed by atoms with E-state index in [4.69, 9.17) is 11.6 Å². The third-order valence-electron chi connectivity index (χ3n) is 2.66. The summed E-state index contributed by atoms with van der Waals surface area (Å²) in [6.45, 7) is 8.73. The average Bonchev–Trinajstić information content (AvgIpc) is 2.44. The summed E-state index contributed by atoms with van der Waals surface area (Å²) < 4.78 is 1.15. The van der Waals surface area contributed by atoms with E-state index < -0.39 is 0 Å². The minimum Gasteiger partial charge on any atom is -0.143 e. The van der Waals surface area contributed by atoms with Crippen LogP contribution >= 0.6 is 38.9 Å². The first-order valence-corrected chi connectivity index (χ1v) is 6.83. The van der Waals surface area contributed by atoms with Crippen LogP contribution in [0.2, 0.25) is 0 Å². The van der Waals surface area contributed by atoms with Gasteiger partial charge < -0.3 is 0 Å². The van der Waals surface area contributed by atoms with Gasteiger partial charge in [0.15, 0.2) is 0 Å². The molecule has 0 N–H and O–H groups in total. The zero-order chi connectivity index (χ0) is 10.9. The Hall–Kier alpha value is 0.470. The van der Waals surface area contributed by atoms with Crippen molar-refractivity contribution in [3.8, 4) is 0 Å². The molecule has 0 spiro atoms. The summed E-state index contributed by atoms with van der Waals surface area (Å²) in [4.78, 5) is 2.57. The summed E-state index contributed by atoms with van der Waals surface area (Å²) in [6.07, 6.45) is 1.09. The van der Waals surface area contributed by atoms with E-state index in [2.05, 4.69) is 49.7 Å². The van der Waals surface area contributed by atoms with Crippen molar-refractivity contribution in [1.82, 2.24) is 0 Å². The Morgan fingerprint density at radius 3 is 2.50 bits per heavy atom. The Morgan fingerprint density at radius 1 is 1.57 bits per heavy atom. The van der Waals surface area contributed by atoms with Gasteiger partial charge in [0.25, 0.3) is 0 Å². The topological polar surface area (TPSA) is 0 Å². The summed E-state index contributed by atoms with van der Waals surface area (Å²) in [5.74, 6) is 0. The predicted molar refractivity (Wildman–Crippen MR) is 69.4 cm³/mol. The minimum atomic E-state index is 0.0978. The van der Waals surface area contributed by atoms with Crippen molar-refractivity contribution in [1.29, 1.82) is 0 Å². The van der Waals surface area contributed by atoms with Gasteiger partial charge in [-0.25, -0.2) is 0 Å². The van der Waals surface area contributed by atoms with Gasteiger partial charge in [-0.1, -0.05) is 20.8 Å². The quantitative estimate of drug-likeness (QED) is 0.643. The standard InChI is InChI=1S/C11H16BrClS/c1-5-11(3,4)10(13)9-8(12)6-7(2)14-9/h6,10H,5H2,1-4H3. The fourth-order valence-corrected chi connectivity index (χ4v) is 3.81. The second-order valence-electron chi connectivity index (χ2n) is 4.27. The van der Waals surface area contributed by atoms with Crippen molar-refractivity contribution in [2.24, 2.45) is 5.41 Å². The molecule has 1 heterocycles. The molecule has 0 nitrogen and oxygen atoms in total. The largest absolute Gasteiger partial charge is 0.143 e. The van der Waals surface area contributed by atoms with Crippen LogP contribution in [-0.4, -0.2) is 0 Å². The van der Waals surface area contributed by atoms with E-state index in [-0.39, 0.29) is 10.8 Å². The van der Waals surface area contributed by atoms with E-state index in [0.29, 0.717) is 0 Å². The van der Waals surface area contributed by atoms with Crippen LogP contribution in [-0.2, 0) is 0 Å². The highest BCUT2D eigenvalue weighted by Gasteiger charge is 2.29.